The number of carbonyl (C=O) groups is 2. The lowest BCUT2D eigenvalue weighted by Gasteiger charge is -2.04. The number of hydrogen-bond donors (Lipinski definition) is 1. The molecule has 0 spiro atoms. The number of nitrogens with zero attached hydrogens (tertiary/aromatic N) is 1. The van der Waals surface area contributed by atoms with Crippen molar-refractivity contribution in [1.29, 1.82) is 0 Å². The summed E-state index contributed by atoms with van der Waals surface area (Å²) >= 11 is 1.02. The van der Waals surface area contributed by atoms with Crippen LogP contribution in [0.2, 0.25) is 0 Å². The molecule has 0 radical (unpaired) electrons. The lowest BCUT2D eigenvalue weighted by molar-refractivity contribution is -0.142. The van der Waals surface area contributed by atoms with Crippen LogP contribution in [-0.2, 0) is 35.5 Å². The van der Waals surface area contributed by atoms with Gasteiger partial charge in [0, 0.05) is 5.38 Å². The van der Waals surface area contributed by atoms with Crippen molar-refractivity contribution in [3.05, 3.63) is 11.1 Å². The number of aromatic nitrogens is 1. The Labute approximate surface area is 126 Å². The van der Waals surface area contributed by atoms with Crippen LogP contribution in [-0.4, -0.2) is 44.3 Å². The van der Waals surface area contributed by atoms with Crippen LogP contribution in [0.25, 0.3) is 0 Å². The van der Waals surface area contributed by atoms with E-state index in [-0.39, 0.29) is 24.8 Å². The summed E-state index contributed by atoms with van der Waals surface area (Å²) in [5.74, 6) is -2.06. The minimum atomic E-state index is -3.87. The number of carbonyl (C=O) groups excluding carboxylic acids is 2. The van der Waals surface area contributed by atoms with Crippen molar-refractivity contribution < 1.29 is 27.5 Å². The van der Waals surface area contributed by atoms with Gasteiger partial charge in [-0.1, -0.05) is 0 Å². The van der Waals surface area contributed by atoms with Gasteiger partial charge in [0.2, 0.25) is 10.0 Å². The van der Waals surface area contributed by atoms with E-state index in [0.29, 0.717) is 5.69 Å². The molecule has 0 aromatic carbocycles. The smallest absolute Gasteiger partial charge is 0.323 e. The molecule has 1 aromatic heterocycles. The van der Waals surface area contributed by atoms with E-state index in [1.807, 2.05) is 0 Å². The molecule has 0 aliphatic heterocycles. The Kier molecular flexibility index (Phi) is 6.56. The van der Waals surface area contributed by atoms with Gasteiger partial charge in [-0.15, -0.1) is 11.3 Å². The highest BCUT2D eigenvalue weighted by atomic mass is 32.2. The minimum Gasteiger partial charge on any atom is -0.466 e. The number of sulfonamides is 1. The first-order chi connectivity index (χ1) is 9.86. The van der Waals surface area contributed by atoms with Gasteiger partial charge >= 0.3 is 11.9 Å². The maximum Gasteiger partial charge on any atom is 0.323 e. The molecule has 8 nitrogen and oxygen atoms in total. The van der Waals surface area contributed by atoms with E-state index in [9.17, 15) is 18.0 Å². The first-order valence-corrected chi connectivity index (χ1v) is 8.65. The number of ether oxygens (including phenoxy) is 2. The molecule has 0 unspecified atom stereocenters. The Morgan fingerprint density at radius 3 is 2.48 bits per heavy atom. The van der Waals surface area contributed by atoms with Crippen molar-refractivity contribution in [3.63, 3.8) is 0 Å². The summed E-state index contributed by atoms with van der Waals surface area (Å²) < 4.78 is 34.8. The van der Waals surface area contributed by atoms with Crippen molar-refractivity contribution >= 4 is 38.4 Å². The Morgan fingerprint density at radius 1 is 1.24 bits per heavy atom. The van der Waals surface area contributed by atoms with Crippen molar-refractivity contribution in [1.82, 2.24) is 4.98 Å². The van der Waals surface area contributed by atoms with Crippen LogP contribution in [0.3, 0.4) is 0 Å². The summed E-state index contributed by atoms with van der Waals surface area (Å²) in [4.78, 5) is 26.4. The zero-order chi connectivity index (χ0) is 15.9. The molecule has 10 heteroatoms. The van der Waals surface area contributed by atoms with Crippen molar-refractivity contribution in [2.45, 2.75) is 20.3 Å². The molecule has 21 heavy (non-hydrogen) atoms. The molecule has 0 aliphatic carbocycles. The predicted molar refractivity (Wildman–Crippen MR) is 76.5 cm³/mol. The second-order valence-corrected chi connectivity index (χ2v) is 6.37. The summed E-state index contributed by atoms with van der Waals surface area (Å²) in [6.45, 7) is 3.64. The lowest BCUT2D eigenvalue weighted by atomic mass is 10.3. The second-order valence-electron chi connectivity index (χ2n) is 3.79. The highest BCUT2D eigenvalue weighted by molar-refractivity contribution is 7.93. The van der Waals surface area contributed by atoms with Crippen LogP contribution in [0.1, 0.15) is 19.5 Å². The summed E-state index contributed by atoms with van der Waals surface area (Å²) in [7, 11) is -3.87. The molecule has 0 bridgehead atoms. The third-order valence-electron chi connectivity index (χ3n) is 2.04. The largest absolute Gasteiger partial charge is 0.466 e. The molecule has 0 atom stereocenters. The first kappa shape index (κ1) is 17.4. The molecule has 118 valence electrons. The van der Waals surface area contributed by atoms with Crippen LogP contribution in [0.4, 0.5) is 5.13 Å². The Bertz CT molecular complexity index is 596. The van der Waals surface area contributed by atoms with Crippen molar-refractivity contribution in [3.8, 4) is 0 Å². The van der Waals surface area contributed by atoms with Crippen LogP contribution in [0, 0.1) is 0 Å². The quantitative estimate of drug-likeness (QED) is 0.690. The van der Waals surface area contributed by atoms with E-state index in [1.54, 1.807) is 19.2 Å². The second kappa shape index (κ2) is 7.93. The average Bonchev–Trinajstić information content (AvgIpc) is 2.74. The molecule has 0 aliphatic rings. The van der Waals surface area contributed by atoms with E-state index in [0.717, 1.165) is 11.3 Å². The third kappa shape index (κ3) is 6.54. The summed E-state index contributed by atoms with van der Waals surface area (Å²) in [5.41, 5.74) is 0.396. The highest BCUT2D eigenvalue weighted by Gasteiger charge is 2.19. The standard InChI is InChI=1S/C11H16N2O6S2/c1-3-18-9(14)5-8-6-20-11(12-8)13-21(16,17)7-10(15)19-4-2/h6H,3-5,7H2,1-2H3,(H,12,13). The molecule has 1 aromatic rings. The predicted octanol–water partition coefficient (Wildman–Crippen LogP) is 0.553. The van der Waals surface area contributed by atoms with Gasteiger partial charge in [0.25, 0.3) is 0 Å². The summed E-state index contributed by atoms with van der Waals surface area (Å²) in [6, 6.07) is 0. The van der Waals surface area contributed by atoms with E-state index < -0.39 is 27.7 Å². The minimum absolute atomic E-state index is 0.0378. The molecule has 0 saturated heterocycles. The van der Waals surface area contributed by atoms with Gasteiger partial charge < -0.3 is 9.47 Å². The van der Waals surface area contributed by atoms with Gasteiger partial charge in [-0.3, -0.25) is 14.3 Å². The highest BCUT2D eigenvalue weighted by Crippen LogP contribution is 2.17. The van der Waals surface area contributed by atoms with Crippen LogP contribution in [0.5, 0.6) is 0 Å². The Hall–Kier alpha value is -1.68. The topological polar surface area (TPSA) is 112 Å². The number of nitrogens with one attached hydrogen (secondary N) is 1. The maximum atomic E-state index is 11.7. The van der Waals surface area contributed by atoms with Crippen molar-refractivity contribution in [2.24, 2.45) is 0 Å². The normalized spacial score (nSPS) is 11.0. The summed E-state index contributed by atoms with van der Waals surface area (Å²) in [5, 5.41) is 1.62. The van der Waals surface area contributed by atoms with Crippen molar-refractivity contribution in [2.75, 3.05) is 23.7 Å². The third-order valence-corrected chi connectivity index (χ3v) is 4.09. The van der Waals surface area contributed by atoms with Crippen LogP contribution >= 0.6 is 11.3 Å². The van der Waals surface area contributed by atoms with E-state index in [1.165, 1.54) is 0 Å². The lowest BCUT2D eigenvalue weighted by Crippen LogP contribution is -2.24. The molecule has 0 amide bonds. The number of hydrogen-bond acceptors (Lipinski definition) is 8. The van der Waals surface area contributed by atoms with Crippen LogP contribution in [0.15, 0.2) is 5.38 Å². The maximum absolute atomic E-state index is 11.7. The van der Waals surface area contributed by atoms with E-state index >= 15 is 0 Å². The van der Waals surface area contributed by atoms with Gasteiger partial charge in [-0.2, -0.15) is 0 Å². The van der Waals surface area contributed by atoms with Gasteiger partial charge in [0.05, 0.1) is 25.3 Å². The van der Waals surface area contributed by atoms with Gasteiger partial charge in [0.1, 0.15) is 0 Å². The zero-order valence-electron chi connectivity index (χ0n) is 11.6. The number of rotatable bonds is 8. The number of thiazole rings is 1. The molecule has 1 N–H and O–H groups in total. The zero-order valence-corrected chi connectivity index (χ0v) is 13.3. The van der Waals surface area contributed by atoms with Gasteiger partial charge in [-0.05, 0) is 13.8 Å². The Morgan fingerprint density at radius 2 is 1.86 bits per heavy atom. The van der Waals surface area contributed by atoms with E-state index in [2.05, 4.69) is 14.4 Å². The fourth-order valence-corrected chi connectivity index (χ4v) is 3.23. The fraction of sp³-hybridized carbons (Fsp3) is 0.545. The average molecular weight is 336 g/mol. The molecule has 0 fully saturated rings. The Balaban J connectivity index is 2.61. The molecular formula is C11H16N2O6S2. The fourth-order valence-electron chi connectivity index (χ4n) is 1.32. The number of anilines is 1. The van der Waals surface area contributed by atoms with Gasteiger partial charge in [-0.25, -0.2) is 13.4 Å². The molecule has 0 saturated carbocycles. The SMILES string of the molecule is CCOC(=O)Cc1csc(NS(=O)(=O)CC(=O)OCC)n1. The monoisotopic (exact) mass is 336 g/mol. The summed E-state index contributed by atoms with van der Waals surface area (Å²) in [6.07, 6.45) is -0.0378. The van der Waals surface area contributed by atoms with Crippen LogP contribution < -0.4 is 4.72 Å². The number of esters is 2. The first-order valence-electron chi connectivity index (χ1n) is 6.12. The molecular weight excluding hydrogens is 320 g/mol. The molecule has 1 heterocycles. The van der Waals surface area contributed by atoms with E-state index in [4.69, 9.17) is 4.74 Å². The molecule has 1 rings (SSSR count). The van der Waals surface area contributed by atoms with Gasteiger partial charge in [0.15, 0.2) is 10.9 Å².